The molecule has 0 radical (unpaired) electrons. The maximum absolute atomic E-state index is 12.3. The monoisotopic (exact) mass is 391 g/mol. The number of fused-ring (bicyclic) bond motifs is 1. The van der Waals surface area contributed by atoms with Crippen LogP contribution in [0.4, 0.5) is 0 Å². The molecule has 0 saturated heterocycles. The van der Waals surface area contributed by atoms with E-state index in [1.54, 1.807) is 6.07 Å². The van der Waals surface area contributed by atoms with Crippen molar-refractivity contribution < 1.29 is 4.79 Å². The van der Waals surface area contributed by atoms with Gasteiger partial charge in [-0.1, -0.05) is 57.2 Å². The second-order valence-electron chi connectivity index (χ2n) is 8.54. The Balaban J connectivity index is 1.53. The molecule has 1 unspecified atom stereocenters. The zero-order valence-corrected chi connectivity index (χ0v) is 17.6. The second-order valence-corrected chi connectivity index (χ2v) is 8.54. The van der Waals surface area contributed by atoms with E-state index in [9.17, 15) is 9.59 Å². The molecule has 0 bridgehead atoms. The lowest BCUT2D eigenvalue weighted by Crippen LogP contribution is -2.26. The van der Waals surface area contributed by atoms with Gasteiger partial charge in [0.05, 0.1) is 16.9 Å². The zero-order chi connectivity index (χ0) is 21.0. The third-order valence-corrected chi connectivity index (χ3v) is 5.13. The van der Waals surface area contributed by atoms with E-state index < -0.39 is 0 Å². The first-order valence-corrected chi connectivity index (χ1v) is 10.1. The number of aromatic nitrogens is 2. The Morgan fingerprint density at radius 3 is 2.48 bits per heavy atom. The molecule has 0 aliphatic carbocycles. The van der Waals surface area contributed by atoms with Gasteiger partial charge in [-0.3, -0.25) is 9.59 Å². The Morgan fingerprint density at radius 2 is 1.79 bits per heavy atom. The molecule has 1 atom stereocenters. The van der Waals surface area contributed by atoms with Crippen LogP contribution in [0.1, 0.15) is 63.5 Å². The summed E-state index contributed by atoms with van der Waals surface area (Å²) in [4.78, 5) is 31.7. The molecule has 0 aliphatic heterocycles. The van der Waals surface area contributed by atoms with Crippen LogP contribution in [0.15, 0.2) is 53.3 Å². The number of para-hydroxylation sites is 1. The number of hydrogen-bond acceptors (Lipinski definition) is 3. The molecule has 5 nitrogen and oxygen atoms in total. The molecule has 0 saturated carbocycles. The van der Waals surface area contributed by atoms with Gasteiger partial charge in [-0.2, -0.15) is 0 Å². The molecule has 5 heteroatoms. The molecule has 1 aromatic heterocycles. The van der Waals surface area contributed by atoms with Gasteiger partial charge in [0.1, 0.15) is 5.82 Å². The van der Waals surface area contributed by atoms with E-state index in [4.69, 9.17) is 0 Å². The number of rotatable bonds is 6. The first-order valence-electron chi connectivity index (χ1n) is 10.1. The number of nitrogens with one attached hydrogen (secondary N) is 2. The number of carbonyl (C=O) groups excluding carboxylic acids is 1. The molecule has 3 rings (SSSR count). The molecule has 1 heterocycles. The van der Waals surface area contributed by atoms with Crippen molar-refractivity contribution in [3.8, 4) is 0 Å². The third-order valence-electron chi connectivity index (χ3n) is 5.13. The van der Waals surface area contributed by atoms with Crippen LogP contribution in [0, 0.1) is 0 Å². The van der Waals surface area contributed by atoms with E-state index in [1.165, 1.54) is 5.56 Å². The molecule has 2 aromatic carbocycles. The van der Waals surface area contributed by atoms with Gasteiger partial charge >= 0.3 is 0 Å². The summed E-state index contributed by atoms with van der Waals surface area (Å²) < 4.78 is 0. The van der Waals surface area contributed by atoms with Crippen molar-refractivity contribution in [3.63, 3.8) is 0 Å². The normalized spacial score (nSPS) is 12.7. The highest BCUT2D eigenvalue weighted by Crippen LogP contribution is 2.24. The van der Waals surface area contributed by atoms with E-state index in [0.29, 0.717) is 36.0 Å². The SMILES string of the molecule is CC(NC(=O)CCCc1nc2ccccc2c(=O)[nH]1)c1ccc(C(C)(C)C)cc1. The number of aryl methyl sites for hydroxylation is 1. The maximum Gasteiger partial charge on any atom is 0.258 e. The molecule has 0 aliphatic rings. The van der Waals surface area contributed by atoms with Crippen molar-refractivity contribution in [3.05, 3.63) is 75.8 Å². The van der Waals surface area contributed by atoms with Crippen molar-refractivity contribution in [2.45, 2.75) is 58.4 Å². The predicted octanol–water partition coefficient (Wildman–Crippen LogP) is 4.42. The van der Waals surface area contributed by atoms with Gasteiger partial charge in [0.25, 0.3) is 5.56 Å². The van der Waals surface area contributed by atoms with Gasteiger partial charge in [0, 0.05) is 12.8 Å². The van der Waals surface area contributed by atoms with Gasteiger partial charge in [0.15, 0.2) is 0 Å². The molecule has 2 N–H and O–H groups in total. The van der Waals surface area contributed by atoms with E-state index in [-0.39, 0.29) is 22.9 Å². The predicted molar refractivity (Wildman–Crippen MR) is 117 cm³/mol. The molecular formula is C24H29N3O2. The van der Waals surface area contributed by atoms with E-state index in [2.05, 4.69) is 60.3 Å². The molecule has 0 spiro atoms. The minimum atomic E-state index is -0.137. The van der Waals surface area contributed by atoms with Crippen LogP contribution in [-0.4, -0.2) is 15.9 Å². The summed E-state index contributed by atoms with van der Waals surface area (Å²) >= 11 is 0. The number of carbonyl (C=O) groups is 1. The summed E-state index contributed by atoms with van der Waals surface area (Å²) in [6, 6.07) is 15.6. The van der Waals surface area contributed by atoms with E-state index in [1.807, 2.05) is 25.1 Å². The summed E-state index contributed by atoms with van der Waals surface area (Å²) in [5.74, 6) is 0.618. The number of hydrogen-bond donors (Lipinski definition) is 2. The van der Waals surface area contributed by atoms with Crippen LogP contribution < -0.4 is 10.9 Å². The van der Waals surface area contributed by atoms with Crippen molar-refractivity contribution in [1.82, 2.24) is 15.3 Å². The lowest BCUT2D eigenvalue weighted by molar-refractivity contribution is -0.121. The maximum atomic E-state index is 12.3. The number of nitrogens with zero attached hydrogens (tertiary/aromatic N) is 1. The Hall–Kier alpha value is -2.95. The summed E-state index contributed by atoms with van der Waals surface area (Å²) in [5, 5.41) is 3.63. The van der Waals surface area contributed by atoms with Crippen LogP contribution in [-0.2, 0) is 16.6 Å². The van der Waals surface area contributed by atoms with Crippen LogP contribution >= 0.6 is 0 Å². The smallest absolute Gasteiger partial charge is 0.258 e. The molecule has 1 amide bonds. The Kier molecular flexibility index (Phi) is 6.16. The minimum absolute atomic E-state index is 0.000494. The highest BCUT2D eigenvalue weighted by atomic mass is 16.1. The first-order chi connectivity index (χ1) is 13.7. The van der Waals surface area contributed by atoms with Crippen LogP contribution in [0.2, 0.25) is 0 Å². The summed E-state index contributed by atoms with van der Waals surface area (Å²) in [5.41, 5.74) is 3.02. The van der Waals surface area contributed by atoms with Crippen molar-refractivity contribution in [2.75, 3.05) is 0 Å². The lowest BCUT2D eigenvalue weighted by atomic mass is 9.86. The van der Waals surface area contributed by atoms with Crippen LogP contribution in [0.3, 0.4) is 0 Å². The minimum Gasteiger partial charge on any atom is -0.350 e. The first kappa shape index (κ1) is 20.8. The Morgan fingerprint density at radius 1 is 1.10 bits per heavy atom. The molecule has 152 valence electrons. The summed E-state index contributed by atoms with van der Waals surface area (Å²) in [6.45, 7) is 8.55. The average Bonchev–Trinajstić information content (AvgIpc) is 2.67. The third kappa shape index (κ3) is 5.31. The Labute approximate surface area is 171 Å². The van der Waals surface area contributed by atoms with E-state index >= 15 is 0 Å². The highest BCUT2D eigenvalue weighted by Gasteiger charge is 2.15. The summed E-state index contributed by atoms with van der Waals surface area (Å²) in [7, 11) is 0. The Bertz CT molecular complexity index is 1050. The lowest BCUT2D eigenvalue weighted by Gasteiger charge is -2.20. The number of benzene rings is 2. The summed E-state index contributed by atoms with van der Waals surface area (Å²) in [6.07, 6.45) is 1.58. The number of amides is 1. The van der Waals surface area contributed by atoms with Crippen molar-refractivity contribution in [1.29, 1.82) is 0 Å². The van der Waals surface area contributed by atoms with Crippen LogP contribution in [0.5, 0.6) is 0 Å². The van der Waals surface area contributed by atoms with Crippen LogP contribution in [0.25, 0.3) is 10.9 Å². The quantitative estimate of drug-likeness (QED) is 0.653. The standard InChI is InChI=1S/C24H29N3O2/c1-16(17-12-14-18(15-13-17)24(2,3)4)25-22(28)11-7-10-21-26-20-9-6-5-8-19(20)23(29)27-21/h5-6,8-9,12-16H,7,10-11H2,1-4H3,(H,25,28)(H,26,27,29). The van der Waals surface area contributed by atoms with Gasteiger partial charge < -0.3 is 10.3 Å². The van der Waals surface area contributed by atoms with Crippen molar-refractivity contribution in [2.24, 2.45) is 0 Å². The molecule has 29 heavy (non-hydrogen) atoms. The zero-order valence-electron chi connectivity index (χ0n) is 17.6. The fourth-order valence-corrected chi connectivity index (χ4v) is 3.34. The fourth-order valence-electron chi connectivity index (χ4n) is 3.34. The number of H-pyrrole nitrogens is 1. The van der Waals surface area contributed by atoms with Crippen molar-refractivity contribution >= 4 is 16.8 Å². The van der Waals surface area contributed by atoms with Gasteiger partial charge in [-0.25, -0.2) is 4.98 Å². The second kappa shape index (κ2) is 8.60. The average molecular weight is 392 g/mol. The largest absolute Gasteiger partial charge is 0.350 e. The van der Waals surface area contributed by atoms with Gasteiger partial charge in [-0.05, 0) is 42.0 Å². The number of aromatic amines is 1. The molecule has 0 fully saturated rings. The highest BCUT2D eigenvalue weighted by molar-refractivity contribution is 5.77. The molecular weight excluding hydrogens is 362 g/mol. The van der Waals surface area contributed by atoms with Gasteiger partial charge in [0.2, 0.25) is 5.91 Å². The topological polar surface area (TPSA) is 74.8 Å². The van der Waals surface area contributed by atoms with Gasteiger partial charge in [-0.15, -0.1) is 0 Å². The van der Waals surface area contributed by atoms with E-state index in [0.717, 1.165) is 5.56 Å². The fraction of sp³-hybridized carbons (Fsp3) is 0.375. The molecule has 3 aromatic rings.